The summed E-state index contributed by atoms with van der Waals surface area (Å²) in [6, 6.07) is 27.0. The van der Waals surface area contributed by atoms with Crippen LogP contribution in [0.5, 0.6) is 0 Å². The molecule has 0 unspecified atom stereocenters. The summed E-state index contributed by atoms with van der Waals surface area (Å²) < 4.78 is 4.73. The summed E-state index contributed by atoms with van der Waals surface area (Å²) in [6.45, 7) is 0. The second kappa shape index (κ2) is 12.6. The minimum absolute atomic E-state index is 0.100. The molecule has 0 atom stereocenters. The van der Waals surface area contributed by atoms with Gasteiger partial charge in [-0.2, -0.15) is 4.99 Å². The maximum absolute atomic E-state index is 13.4. The highest BCUT2D eigenvalue weighted by Crippen LogP contribution is 2.35. The lowest BCUT2D eigenvalue weighted by atomic mass is 9.93. The summed E-state index contributed by atoms with van der Waals surface area (Å²) in [4.78, 5) is 30.0. The first-order chi connectivity index (χ1) is 18.3. The highest BCUT2D eigenvalue weighted by Gasteiger charge is 2.17. The van der Waals surface area contributed by atoms with E-state index in [1.54, 1.807) is 42.5 Å². The number of methoxy groups -OCH3 is 1. The molecular formula is C29H23Cl2N3O3S. The standard InChI is InChI=1S/C29H23Cl2N3O3S/c1-37-29(36)34-28(38-27-24(30)11-6-12-25(27)31)33-22-13-14-23(26(35)19-8-3-2-4-9-19)20(17-22)15-18-7-5-10-21(32)16-18/h2-14,16-17H,15,32H2,1H3,(H,33,34,36). The number of thioether (sulfide) groups is 1. The molecule has 0 aliphatic rings. The number of halogens is 2. The summed E-state index contributed by atoms with van der Waals surface area (Å²) in [5, 5.41) is 4.17. The largest absolute Gasteiger partial charge is 0.451 e. The number of nitrogen functional groups attached to an aromatic ring is 1. The number of ketones is 1. The fraction of sp³-hybridized carbons (Fsp3) is 0.0690. The lowest BCUT2D eigenvalue weighted by molar-refractivity contribution is 0.103. The summed E-state index contributed by atoms with van der Waals surface area (Å²) in [6.07, 6.45) is -0.333. The molecule has 0 spiro atoms. The molecule has 9 heteroatoms. The Kier molecular flexibility index (Phi) is 9.07. The molecule has 38 heavy (non-hydrogen) atoms. The van der Waals surface area contributed by atoms with Gasteiger partial charge in [0.05, 0.1) is 22.1 Å². The van der Waals surface area contributed by atoms with Gasteiger partial charge in [-0.05, 0) is 71.8 Å². The van der Waals surface area contributed by atoms with E-state index in [4.69, 9.17) is 33.7 Å². The van der Waals surface area contributed by atoms with Crippen LogP contribution in [-0.2, 0) is 11.2 Å². The summed E-state index contributed by atoms with van der Waals surface area (Å²) in [7, 11) is 1.24. The first-order valence-electron chi connectivity index (χ1n) is 11.5. The van der Waals surface area contributed by atoms with E-state index in [2.05, 4.69) is 10.3 Å². The summed E-state index contributed by atoms with van der Waals surface area (Å²) in [5.41, 5.74) is 10.1. The molecule has 4 aromatic rings. The number of anilines is 2. The molecule has 0 bridgehead atoms. The molecule has 0 saturated heterocycles. The number of hydrogen-bond donors (Lipinski definition) is 2. The van der Waals surface area contributed by atoms with E-state index in [1.165, 1.54) is 7.11 Å². The van der Waals surface area contributed by atoms with Crippen molar-refractivity contribution in [2.24, 2.45) is 4.99 Å². The Morgan fingerprint density at radius 1 is 0.921 bits per heavy atom. The third kappa shape index (κ3) is 6.95. The van der Waals surface area contributed by atoms with Gasteiger partial charge in [0, 0.05) is 22.5 Å². The van der Waals surface area contributed by atoms with E-state index in [1.807, 2.05) is 48.5 Å². The number of ether oxygens (including phenoxy) is 1. The minimum atomic E-state index is -0.793. The highest BCUT2D eigenvalue weighted by molar-refractivity contribution is 8.14. The monoisotopic (exact) mass is 563 g/mol. The van der Waals surface area contributed by atoms with Crippen LogP contribution >= 0.6 is 35.0 Å². The SMILES string of the molecule is COC(=O)N=C(Nc1ccc(C(=O)c2ccccc2)c(Cc2cccc(N)c2)c1)Sc1c(Cl)cccc1Cl. The first kappa shape index (κ1) is 27.3. The molecule has 0 radical (unpaired) electrons. The maximum Gasteiger partial charge on any atom is 0.435 e. The smallest absolute Gasteiger partial charge is 0.435 e. The van der Waals surface area contributed by atoms with Crippen molar-refractivity contribution in [1.82, 2.24) is 0 Å². The fourth-order valence-electron chi connectivity index (χ4n) is 3.71. The van der Waals surface area contributed by atoms with Gasteiger partial charge in [-0.25, -0.2) is 4.79 Å². The molecule has 4 aromatic carbocycles. The molecule has 0 fully saturated rings. The zero-order valence-electron chi connectivity index (χ0n) is 20.3. The zero-order valence-corrected chi connectivity index (χ0v) is 22.6. The molecule has 0 heterocycles. The van der Waals surface area contributed by atoms with E-state index in [-0.39, 0.29) is 11.0 Å². The number of benzene rings is 4. The van der Waals surface area contributed by atoms with Crippen LogP contribution in [0.2, 0.25) is 10.0 Å². The second-order valence-corrected chi connectivity index (χ2v) is 9.97. The predicted molar refractivity (Wildman–Crippen MR) is 156 cm³/mol. The van der Waals surface area contributed by atoms with Crippen molar-refractivity contribution >= 4 is 63.4 Å². The number of nitrogens with two attached hydrogens (primary N) is 1. The van der Waals surface area contributed by atoms with E-state index >= 15 is 0 Å². The molecule has 3 N–H and O–H groups in total. The Hall–Kier alpha value is -3.78. The van der Waals surface area contributed by atoms with Crippen LogP contribution in [-0.4, -0.2) is 24.2 Å². The van der Waals surface area contributed by atoms with Crippen LogP contribution in [0.4, 0.5) is 16.2 Å². The fourth-order valence-corrected chi connectivity index (χ4v) is 5.15. The van der Waals surface area contributed by atoms with Crippen molar-refractivity contribution in [2.45, 2.75) is 11.3 Å². The normalized spacial score (nSPS) is 11.2. The first-order valence-corrected chi connectivity index (χ1v) is 13.0. The Bertz CT molecular complexity index is 1490. The minimum Gasteiger partial charge on any atom is -0.451 e. The van der Waals surface area contributed by atoms with E-state index in [9.17, 15) is 9.59 Å². The predicted octanol–water partition coefficient (Wildman–Crippen LogP) is 7.72. The van der Waals surface area contributed by atoms with Crippen molar-refractivity contribution in [3.63, 3.8) is 0 Å². The molecule has 0 aromatic heterocycles. The molecule has 0 saturated carbocycles. The number of aliphatic imine (C=N–C) groups is 1. The molecule has 192 valence electrons. The number of amides is 1. The Labute approximate surface area is 234 Å². The van der Waals surface area contributed by atoms with Gasteiger partial charge in [-0.3, -0.25) is 4.79 Å². The molecule has 6 nitrogen and oxygen atoms in total. The average Bonchev–Trinajstić information content (AvgIpc) is 2.91. The number of nitrogens with one attached hydrogen (secondary N) is 1. The van der Waals surface area contributed by atoms with Gasteiger partial charge < -0.3 is 15.8 Å². The molecule has 4 rings (SSSR count). The summed E-state index contributed by atoms with van der Waals surface area (Å²) in [5.74, 6) is -0.100. The van der Waals surface area contributed by atoms with Crippen LogP contribution in [0, 0.1) is 0 Å². The van der Waals surface area contributed by atoms with Crippen molar-refractivity contribution in [2.75, 3.05) is 18.2 Å². The van der Waals surface area contributed by atoms with Gasteiger partial charge in [0.2, 0.25) is 0 Å². The van der Waals surface area contributed by atoms with Crippen LogP contribution < -0.4 is 11.1 Å². The second-order valence-electron chi connectivity index (χ2n) is 8.15. The van der Waals surface area contributed by atoms with Crippen LogP contribution in [0.1, 0.15) is 27.0 Å². The van der Waals surface area contributed by atoms with Crippen molar-refractivity contribution < 1.29 is 14.3 Å². The average molecular weight is 564 g/mol. The van der Waals surface area contributed by atoms with Gasteiger partial charge in [-0.15, -0.1) is 0 Å². The van der Waals surface area contributed by atoms with E-state index < -0.39 is 6.09 Å². The number of carbonyl (C=O) groups excluding carboxylic acids is 2. The van der Waals surface area contributed by atoms with Gasteiger partial charge in [0.15, 0.2) is 11.0 Å². The van der Waals surface area contributed by atoms with Gasteiger partial charge in [0.25, 0.3) is 0 Å². The van der Waals surface area contributed by atoms with E-state index in [0.29, 0.717) is 43.9 Å². The molecule has 0 aliphatic carbocycles. The zero-order chi connectivity index (χ0) is 27.1. The topological polar surface area (TPSA) is 93.8 Å². The molecule has 1 amide bonds. The number of carbonyl (C=O) groups is 2. The quantitative estimate of drug-likeness (QED) is 0.0819. The summed E-state index contributed by atoms with van der Waals surface area (Å²) >= 11 is 13.8. The van der Waals surface area contributed by atoms with Crippen molar-refractivity contribution in [1.29, 1.82) is 0 Å². The Morgan fingerprint density at radius 2 is 1.63 bits per heavy atom. The van der Waals surface area contributed by atoms with E-state index in [0.717, 1.165) is 22.9 Å². The van der Waals surface area contributed by atoms with Crippen molar-refractivity contribution in [3.8, 4) is 0 Å². The van der Waals surface area contributed by atoms with Crippen molar-refractivity contribution in [3.05, 3.63) is 123 Å². The number of amidine groups is 1. The number of hydrogen-bond acceptors (Lipinski definition) is 5. The lowest BCUT2D eigenvalue weighted by Crippen LogP contribution is -2.13. The van der Waals surface area contributed by atoms with Gasteiger partial charge >= 0.3 is 6.09 Å². The van der Waals surface area contributed by atoms with Gasteiger partial charge in [-0.1, -0.05) is 71.7 Å². The lowest BCUT2D eigenvalue weighted by Gasteiger charge is -2.15. The van der Waals surface area contributed by atoms with Crippen LogP contribution in [0.15, 0.2) is 101 Å². The third-order valence-corrected chi connectivity index (χ3v) is 7.35. The Morgan fingerprint density at radius 3 is 2.32 bits per heavy atom. The maximum atomic E-state index is 13.4. The number of nitrogens with zero attached hydrogens (tertiary/aromatic N) is 1. The highest BCUT2D eigenvalue weighted by atomic mass is 35.5. The number of rotatable bonds is 6. The van der Waals surface area contributed by atoms with Gasteiger partial charge in [0.1, 0.15) is 0 Å². The van der Waals surface area contributed by atoms with Crippen LogP contribution in [0.3, 0.4) is 0 Å². The Balaban J connectivity index is 1.72. The molecule has 0 aliphatic heterocycles. The van der Waals surface area contributed by atoms with Crippen LogP contribution in [0.25, 0.3) is 0 Å². The third-order valence-electron chi connectivity index (χ3n) is 5.47. The molecular weight excluding hydrogens is 541 g/mol.